The van der Waals surface area contributed by atoms with Crippen molar-refractivity contribution in [2.45, 2.75) is 50.1 Å². The first-order chi connectivity index (χ1) is 9.57. The lowest BCUT2D eigenvalue weighted by Gasteiger charge is -2.39. The third-order valence-electron chi connectivity index (χ3n) is 4.70. The van der Waals surface area contributed by atoms with Gasteiger partial charge in [0, 0.05) is 18.5 Å². The highest BCUT2D eigenvalue weighted by atomic mass is 16.3. The minimum Gasteiger partial charge on any atom is -0.508 e. The summed E-state index contributed by atoms with van der Waals surface area (Å²) < 4.78 is 0. The predicted molar refractivity (Wildman–Crippen MR) is 77.2 cm³/mol. The number of hydrogen-bond acceptors (Lipinski definition) is 3. The lowest BCUT2D eigenvalue weighted by Crippen LogP contribution is -2.50. The van der Waals surface area contributed by atoms with Gasteiger partial charge in [0.15, 0.2) is 0 Å². The van der Waals surface area contributed by atoms with E-state index < -0.39 is 0 Å². The fourth-order valence-corrected chi connectivity index (χ4v) is 3.32. The maximum absolute atomic E-state index is 12.5. The SMILES string of the molecule is NC1(CC(=O)N2CCCC2c2ccc(O)cc2)CCC1. The van der Waals surface area contributed by atoms with E-state index in [4.69, 9.17) is 5.73 Å². The summed E-state index contributed by atoms with van der Waals surface area (Å²) in [5, 5.41) is 9.37. The van der Waals surface area contributed by atoms with E-state index in [0.717, 1.165) is 44.2 Å². The lowest BCUT2D eigenvalue weighted by molar-refractivity contribution is -0.134. The standard InChI is InChI=1S/C16H22N2O2/c17-16(8-2-9-16)11-15(20)18-10-1-3-14(18)12-4-6-13(19)7-5-12/h4-7,14,19H,1-3,8-11,17H2. The van der Waals surface area contributed by atoms with Crippen molar-refractivity contribution in [3.63, 3.8) is 0 Å². The van der Waals surface area contributed by atoms with Gasteiger partial charge in [-0.15, -0.1) is 0 Å². The van der Waals surface area contributed by atoms with Crippen molar-refractivity contribution in [3.05, 3.63) is 29.8 Å². The highest BCUT2D eigenvalue weighted by Crippen LogP contribution is 2.37. The van der Waals surface area contributed by atoms with Crippen LogP contribution in [0.4, 0.5) is 0 Å². The number of nitrogens with zero attached hydrogens (tertiary/aromatic N) is 1. The topological polar surface area (TPSA) is 66.6 Å². The van der Waals surface area contributed by atoms with E-state index in [-0.39, 0.29) is 23.2 Å². The second-order valence-corrected chi connectivity index (χ2v) is 6.23. The Morgan fingerprint density at radius 1 is 1.30 bits per heavy atom. The minimum absolute atomic E-state index is 0.145. The van der Waals surface area contributed by atoms with Crippen molar-refractivity contribution >= 4 is 5.91 Å². The Morgan fingerprint density at radius 3 is 2.60 bits per heavy atom. The normalized spacial score (nSPS) is 24.4. The Kier molecular flexibility index (Phi) is 3.42. The van der Waals surface area contributed by atoms with Gasteiger partial charge in [-0.2, -0.15) is 0 Å². The molecule has 2 aliphatic rings. The second kappa shape index (κ2) is 5.09. The van der Waals surface area contributed by atoms with Crippen LogP contribution in [0.5, 0.6) is 5.75 Å². The van der Waals surface area contributed by atoms with Crippen LogP contribution in [0.15, 0.2) is 24.3 Å². The van der Waals surface area contributed by atoms with E-state index in [2.05, 4.69) is 0 Å². The summed E-state index contributed by atoms with van der Waals surface area (Å²) in [6, 6.07) is 7.34. The van der Waals surface area contributed by atoms with Gasteiger partial charge in [0.1, 0.15) is 5.75 Å². The summed E-state index contributed by atoms with van der Waals surface area (Å²) in [7, 11) is 0. The largest absolute Gasteiger partial charge is 0.508 e. The quantitative estimate of drug-likeness (QED) is 0.889. The molecule has 2 fully saturated rings. The molecule has 20 heavy (non-hydrogen) atoms. The summed E-state index contributed by atoms with van der Waals surface area (Å²) in [6.45, 7) is 0.820. The Labute approximate surface area is 119 Å². The number of phenols is 1. The molecule has 108 valence electrons. The van der Waals surface area contributed by atoms with E-state index >= 15 is 0 Å². The number of phenolic OH excluding ortho intramolecular Hbond substituents is 1. The zero-order valence-electron chi connectivity index (χ0n) is 11.7. The zero-order chi connectivity index (χ0) is 14.2. The number of benzene rings is 1. The van der Waals surface area contributed by atoms with Crippen LogP contribution in [0.3, 0.4) is 0 Å². The van der Waals surface area contributed by atoms with E-state index in [1.807, 2.05) is 17.0 Å². The van der Waals surface area contributed by atoms with Gasteiger partial charge in [0.25, 0.3) is 0 Å². The first-order valence-electron chi connectivity index (χ1n) is 7.45. The molecule has 0 bridgehead atoms. The number of carbonyl (C=O) groups excluding carboxylic acids is 1. The number of likely N-dealkylation sites (tertiary alicyclic amines) is 1. The molecule has 4 nitrogen and oxygen atoms in total. The van der Waals surface area contributed by atoms with Gasteiger partial charge in [-0.25, -0.2) is 0 Å². The smallest absolute Gasteiger partial charge is 0.224 e. The first-order valence-corrected chi connectivity index (χ1v) is 7.45. The molecule has 0 radical (unpaired) electrons. The summed E-state index contributed by atoms with van der Waals surface area (Å²) in [5.74, 6) is 0.447. The van der Waals surface area contributed by atoms with E-state index in [1.54, 1.807) is 12.1 Å². The third kappa shape index (κ3) is 2.52. The molecule has 1 aromatic carbocycles. The van der Waals surface area contributed by atoms with Crippen LogP contribution in [0, 0.1) is 0 Å². The Morgan fingerprint density at radius 2 is 2.00 bits per heavy atom. The van der Waals surface area contributed by atoms with Crippen molar-refractivity contribution in [3.8, 4) is 5.75 Å². The van der Waals surface area contributed by atoms with Crippen LogP contribution >= 0.6 is 0 Å². The molecule has 1 saturated carbocycles. The average molecular weight is 274 g/mol. The number of hydrogen-bond donors (Lipinski definition) is 2. The van der Waals surface area contributed by atoms with Crippen molar-refractivity contribution in [1.82, 2.24) is 4.90 Å². The van der Waals surface area contributed by atoms with Crippen molar-refractivity contribution in [2.75, 3.05) is 6.54 Å². The van der Waals surface area contributed by atoms with Crippen molar-refractivity contribution in [1.29, 1.82) is 0 Å². The summed E-state index contributed by atoms with van der Waals surface area (Å²) >= 11 is 0. The fraction of sp³-hybridized carbons (Fsp3) is 0.562. The van der Waals surface area contributed by atoms with E-state index in [0.29, 0.717) is 6.42 Å². The van der Waals surface area contributed by atoms with Crippen LogP contribution in [-0.4, -0.2) is 28.0 Å². The molecule has 1 aliphatic carbocycles. The van der Waals surface area contributed by atoms with Crippen LogP contribution in [0.25, 0.3) is 0 Å². The number of amides is 1. The minimum atomic E-state index is -0.251. The van der Waals surface area contributed by atoms with Gasteiger partial charge < -0.3 is 15.7 Å². The maximum Gasteiger partial charge on any atom is 0.224 e. The number of aromatic hydroxyl groups is 1. The summed E-state index contributed by atoms with van der Waals surface area (Å²) in [5.41, 5.74) is 7.05. The Balaban J connectivity index is 1.71. The molecule has 1 saturated heterocycles. The lowest BCUT2D eigenvalue weighted by atomic mass is 9.75. The fourth-order valence-electron chi connectivity index (χ4n) is 3.32. The molecule has 0 spiro atoms. The van der Waals surface area contributed by atoms with E-state index in [1.165, 1.54) is 0 Å². The molecule has 1 amide bonds. The van der Waals surface area contributed by atoms with Crippen molar-refractivity contribution < 1.29 is 9.90 Å². The summed E-state index contributed by atoms with van der Waals surface area (Å²) in [4.78, 5) is 14.5. The molecule has 1 atom stereocenters. The van der Waals surface area contributed by atoms with E-state index in [9.17, 15) is 9.90 Å². The molecule has 1 heterocycles. The monoisotopic (exact) mass is 274 g/mol. The van der Waals surface area contributed by atoms with Gasteiger partial charge in [-0.05, 0) is 49.8 Å². The Hall–Kier alpha value is -1.55. The highest BCUT2D eigenvalue weighted by Gasteiger charge is 2.38. The number of rotatable bonds is 3. The van der Waals surface area contributed by atoms with Gasteiger partial charge in [-0.3, -0.25) is 4.79 Å². The molecule has 3 N–H and O–H groups in total. The molecule has 4 heteroatoms. The van der Waals surface area contributed by atoms with Crippen LogP contribution < -0.4 is 5.73 Å². The summed E-state index contributed by atoms with van der Waals surface area (Å²) in [6.07, 6.45) is 5.59. The van der Waals surface area contributed by atoms with Gasteiger partial charge in [0.05, 0.1) is 6.04 Å². The van der Waals surface area contributed by atoms with Crippen LogP contribution in [0.2, 0.25) is 0 Å². The van der Waals surface area contributed by atoms with Crippen molar-refractivity contribution in [2.24, 2.45) is 5.73 Å². The molecular formula is C16H22N2O2. The van der Waals surface area contributed by atoms with Crippen LogP contribution in [-0.2, 0) is 4.79 Å². The molecule has 1 aliphatic heterocycles. The third-order valence-corrected chi connectivity index (χ3v) is 4.70. The Bertz CT molecular complexity index is 494. The van der Waals surface area contributed by atoms with Gasteiger partial charge in [-0.1, -0.05) is 12.1 Å². The molecule has 3 rings (SSSR count). The van der Waals surface area contributed by atoms with Gasteiger partial charge >= 0.3 is 0 Å². The van der Waals surface area contributed by atoms with Gasteiger partial charge in [0.2, 0.25) is 5.91 Å². The number of nitrogens with two attached hydrogens (primary N) is 1. The average Bonchev–Trinajstić information content (AvgIpc) is 2.87. The predicted octanol–water partition coefficient (Wildman–Crippen LogP) is 2.33. The van der Waals surface area contributed by atoms with Crippen LogP contribution in [0.1, 0.15) is 50.1 Å². The zero-order valence-corrected chi connectivity index (χ0v) is 11.7. The second-order valence-electron chi connectivity index (χ2n) is 6.23. The molecule has 1 aromatic rings. The molecule has 1 unspecified atom stereocenters. The first kappa shape index (κ1) is 13.4. The molecule has 0 aromatic heterocycles. The maximum atomic E-state index is 12.5. The highest BCUT2D eigenvalue weighted by molar-refractivity contribution is 5.78. The molecular weight excluding hydrogens is 252 g/mol. The number of carbonyl (C=O) groups is 1.